The summed E-state index contributed by atoms with van der Waals surface area (Å²) in [6, 6.07) is 4.22. The van der Waals surface area contributed by atoms with Crippen molar-refractivity contribution in [2.75, 3.05) is 12.4 Å². The molecule has 0 radical (unpaired) electrons. The van der Waals surface area contributed by atoms with Gasteiger partial charge in [-0.1, -0.05) is 12.5 Å². The van der Waals surface area contributed by atoms with E-state index in [0.717, 1.165) is 18.6 Å². The van der Waals surface area contributed by atoms with Crippen molar-refractivity contribution < 1.29 is 9.53 Å². The first-order valence-electron chi connectivity index (χ1n) is 5.65. The number of thioether (sulfide) groups is 1. The number of carbonyl (C=O) groups excluding carboxylic acids is 1. The van der Waals surface area contributed by atoms with Gasteiger partial charge in [0.05, 0.1) is 10.8 Å². The maximum atomic E-state index is 11.0. The van der Waals surface area contributed by atoms with Gasteiger partial charge in [-0.3, -0.25) is 4.79 Å². The van der Waals surface area contributed by atoms with Gasteiger partial charge >= 0.3 is 5.97 Å². The van der Waals surface area contributed by atoms with E-state index in [4.69, 9.17) is 4.74 Å². The van der Waals surface area contributed by atoms with E-state index in [0.29, 0.717) is 13.0 Å². The molecule has 0 aliphatic heterocycles. The molecule has 16 heavy (non-hydrogen) atoms. The van der Waals surface area contributed by atoms with Gasteiger partial charge in [0.15, 0.2) is 0 Å². The van der Waals surface area contributed by atoms with Crippen molar-refractivity contribution in [3.8, 4) is 0 Å². The smallest absolute Gasteiger partial charge is 0.305 e. The molecule has 1 heterocycles. The first-order valence-corrected chi connectivity index (χ1v) is 7.51. The van der Waals surface area contributed by atoms with Crippen LogP contribution in [0, 0.1) is 0 Å². The first-order chi connectivity index (χ1) is 7.83. The Kier molecular flexibility index (Phi) is 7.34. The van der Waals surface area contributed by atoms with Crippen molar-refractivity contribution in [3.63, 3.8) is 0 Å². The van der Waals surface area contributed by atoms with Gasteiger partial charge in [-0.05, 0) is 37.0 Å². The van der Waals surface area contributed by atoms with Crippen LogP contribution in [-0.2, 0) is 9.53 Å². The van der Waals surface area contributed by atoms with Crippen LogP contribution in [0.4, 0.5) is 0 Å². The normalized spacial score (nSPS) is 10.3. The zero-order valence-electron chi connectivity index (χ0n) is 9.61. The SMILES string of the molecule is CCOC(=O)CCCCCSc1cccs1. The Morgan fingerprint density at radius 1 is 1.44 bits per heavy atom. The number of carbonyl (C=O) groups is 1. The highest BCUT2D eigenvalue weighted by atomic mass is 32.2. The average Bonchev–Trinajstić information content (AvgIpc) is 2.76. The van der Waals surface area contributed by atoms with Crippen LogP contribution in [0.1, 0.15) is 32.6 Å². The molecule has 0 saturated heterocycles. The van der Waals surface area contributed by atoms with E-state index in [1.807, 2.05) is 18.7 Å². The fourth-order valence-corrected chi connectivity index (χ4v) is 3.16. The highest BCUT2D eigenvalue weighted by molar-refractivity contribution is 8.01. The zero-order valence-corrected chi connectivity index (χ0v) is 11.2. The molecule has 0 spiro atoms. The number of rotatable bonds is 8. The molecular formula is C12H18O2S2. The van der Waals surface area contributed by atoms with E-state index in [9.17, 15) is 4.79 Å². The standard InChI is InChI=1S/C12H18O2S2/c1-2-14-11(13)7-4-3-5-9-15-12-8-6-10-16-12/h6,8,10H,2-5,7,9H2,1H3. The van der Waals surface area contributed by atoms with Gasteiger partial charge in [-0.25, -0.2) is 0 Å². The topological polar surface area (TPSA) is 26.3 Å². The summed E-state index contributed by atoms with van der Waals surface area (Å²) in [5.41, 5.74) is 0. The fourth-order valence-electron chi connectivity index (χ4n) is 1.30. The summed E-state index contributed by atoms with van der Waals surface area (Å²) in [7, 11) is 0. The molecule has 0 bridgehead atoms. The molecule has 90 valence electrons. The van der Waals surface area contributed by atoms with Crippen LogP contribution < -0.4 is 0 Å². The lowest BCUT2D eigenvalue weighted by atomic mass is 10.2. The maximum absolute atomic E-state index is 11.0. The van der Waals surface area contributed by atoms with Crippen molar-refractivity contribution in [2.45, 2.75) is 36.8 Å². The molecule has 1 rings (SSSR count). The molecule has 1 aromatic rings. The van der Waals surface area contributed by atoms with Crippen LogP contribution in [0.3, 0.4) is 0 Å². The Balaban J connectivity index is 1.90. The molecular weight excluding hydrogens is 240 g/mol. The molecule has 0 fully saturated rings. The summed E-state index contributed by atoms with van der Waals surface area (Å²) >= 11 is 3.69. The minimum atomic E-state index is -0.0617. The lowest BCUT2D eigenvalue weighted by molar-refractivity contribution is -0.143. The second-order valence-electron chi connectivity index (χ2n) is 3.40. The van der Waals surface area contributed by atoms with Crippen molar-refractivity contribution >= 4 is 29.1 Å². The van der Waals surface area contributed by atoms with Gasteiger partial charge in [-0.2, -0.15) is 0 Å². The molecule has 0 amide bonds. The summed E-state index contributed by atoms with van der Waals surface area (Å²) in [6.07, 6.45) is 3.79. The molecule has 0 aliphatic rings. The third-order valence-corrected chi connectivity index (χ3v) is 4.29. The van der Waals surface area contributed by atoms with Crippen molar-refractivity contribution in [3.05, 3.63) is 17.5 Å². The summed E-state index contributed by atoms with van der Waals surface area (Å²) in [4.78, 5) is 11.0. The van der Waals surface area contributed by atoms with Gasteiger partial charge in [0.2, 0.25) is 0 Å². The minimum absolute atomic E-state index is 0.0617. The molecule has 0 unspecified atom stereocenters. The van der Waals surface area contributed by atoms with Crippen LogP contribution in [0.25, 0.3) is 0 Å². The monoisotopic (exact) mass is 258 g/mol. The highest BCUT2D eigenvalue weighted by Crippen LogP contribution is 2.24. The van der Waals surface area contributed by atoms with Crippen LogP contribution in [-0.4, -0.2) is 18.3 Å². The largest absolute Gasteiger partial charge is 0.466 e. The van der Waals surface area contributed by atoms with Gasteiger partial charge in [0, 0.05) is 6.42 Å². The van der Waals surface area contributed by atoms with E-state index in [2.05, 4.69) is 17.5 Å². The van der Waals surface area contributed by atoms with Gasteiger partial charge < -0.3 is 4.74 Å². The summed E-state index contributed by atoms with van der Waals surface area (Å²) in [6.45, 7) is 2.34. The highest BCUT2D eigenvalue weighted by Gasteiger charge is 2.00. The predicted octanol–water partition coefficient (Wildman–Crippen LogP) is 3.96. The summed E-state index contributed by atoms with van der Waals surface area (Å²) in [5.74, 6) is 1.08. The van der Waals surface area contributed by atoms with E-state index in [-0.39, 0.29) is 5.97 Å². The molecule has 0 aliphatic carbocycles. The Hall–Kier alpha value is -0.480. The Morgan fingerprint density at radius 3 is 3.00 bits per heavy atom. The second kappa shape index (κ2) is 8.65. The van der Waals surface area contributed by atoms with Gasteiger partial charge in [-0.15, -0.1) is 23.1 Å². The van der Waals surface area contributed by atoms with Crippen LogP contribution in [0.2, 0.25) is 0 Å². The summed E-state index contributed by atoms with van der Waals surface area (Å²) < 4.78 is 6.24. The molecule has 0 atom stereocenters. The van der Waals surface area contributed by atoms with Crippen LogP contribution in [0.5, 0.6) is 0 Å². The maximum Gasteiger partial charge on any atom is 0.305 e. The third kappa shape index (κ3) is 6.18. The quantitative estimate of drug-likeness (QED) is 0.401. The number of hydrogen-bond acceptors (Lipinski definition) is 4. The number of thiophene rings is 1. The average molecular weight is 258 g/mol. The van der Waals surface area contributed by atoms with Crippen molar-refractivity contribution in [2.24, 2.45) is 0 Å². The van der Waals surface area contributed by atoms with Crippen molar-refractivity contribution in [1.82, 2.24) is 0 Å². The first kappa shape index (κ1) is 13.6. The molecule has 0 saturated carbocycles. The third-order valence-electron chi connectivity index (χ3n) is 2.07. The van der Waals surface area contributed by atoms with Crippen LogP contribution >= 0.6 is 23.1 Å². The molecule has 1 aromatic heterocycles. The molecule has 0 aromatic carbocycles. The van der Waals surface area contributed by atoms with Crippen molar-refractivity contribution in [1.29, 1.82) is 0 Å². The number of esters is 1. The van der Waals surface area contributed by atoms with E-state index >= 15 is 0 Å². The Bertz CT molecular complexity index is 283. The second-order valence-corrected chi connectivity index (χ2v) is 5.74. The van der Waals surface area contributed by atoms with Crippen LogP contribution in [0.15, 0.2) is 21.7 Å². The predicted molar refractivity (Wildman–Crippen MR) is 70.1 cm³/mol. The van der Waals surface area contributed by atoms with E-state index in [1.54, 1.807) is 11.3 Å². The van der Waals surface area contributed by atoms with Gasteiger partial charge in [0.25, 0.3) is 0 Å². The fraction of sp³-hybridized carbons (Fsp3) is 0.583. The van der Waals surface area contributed by atoms with E-state index < -0.39 is 0 Å². The summed E-state index contributed by atoms with van der Waals surface area (Å²) in [5, 5.41) is 2.10. The number of hydrogen-bond donors (Lipinski definition) is 0. The lowest BCUT2D eigenvalue weighted by Gasteiger charge is -2.01. The minimum Gasteiger partial charge on any atom is -0.466 e. The Morgan fingerprint density at radius 2 is 2.31 bits per heavy atom. The molecule has 4 heteroatoms. The lowest BCUT2D eigenvalue weighted by Crippen LogP contribution is -2.03. The number of unbranched alkanes of at least 4 members (excludes halogenated alkanes) is 2. The molecule has 2 nitrogen and oxygen atoms in total. The van der Waals surface area contributed by atoms with Gasteiger partial charge in [0.1, 0.15) is 0 Å². The Labute approximate surface area is 105 Å². The zero-order chi connectivity index (χ0) is 11.6. The molecule has 0 N–H and O–H groups in total. The van der Waals surface area contributed by atoms with E-state index in [1.165, 1.54) is 10.6 Å². The number of ether oxygens (including phenoxy) is 1.